The van der Waals surface area contributed by atoms with E-state index in [9.17, 15) is 34.8 Å². The van der Waals surface area contributed by atoms with Crippen molar-refractivity contribution in [3.8, 4) is 35.2 Å². The fourth-order valence-corrected chi connectivity index (χ4v) is 14.1. The number of carbonyl (C=O) groups excluding carboxylic acids is 4. The van der Waals surface area contributed by atoms with Gasteiger partial charge in [0.15, 0.2) is 54.1 Å². The SMILES string of the molecule is C=C(OC)C(=O)Nc1cc(OC)c(OC)cc1C(=O)O[C@H]1CC(O[C@@H]2C(=O)C(NC(=O)OC)=C3C(=CCSSSC)[C@]2(O)C#CC=CC#C[C@@H]3O[C@H]2O[C@@H](C)[C@@H](NO[C@H]3C[C@H](O)[C@H](SC)[C@@H](C)O3)[C@H](O)[C@@H]2O[C@H]2C[C@H](OC)[C@@H](NC(C)C)CO2)O[C@@H](C)[C@@H]1O. The molecule has 0 spiro atoms. The molecule has 89 heavy (non-hydrogen) atoms. The summed E-state index contributed by atoms with van der Waals surface area (Å²) in [4.78, 5) is 62.5. The van der Waals surface area contributed by atoms with E-state index in [2.05, 4.69) is 51.7 Å². The number of thioether (sulfide) groups is 1. The van der Waals surface area contributed by atoms with Gasteiger partial charge in [-0.1, -0.05) is 71.8 Å². The van der Waals surface area contributed by atoms with E-state index in [-0.39, 0.29) is 88.3 Å². The number of ketones is 1. The number of Topliss-reactive ketones (excluding diaryl/α,β-unsaturated/α-hetero) is 1. The normalized spacial score (nSPS) is 34.1. The Hall–Kier alpha value is -4.62. The number of ether oxygens (including phenoxy) is 13. The third kappa shape index (κ3) is 17.6. The Kier molecular flexibility index (Phi) is 26.9. The van der Waals surface area contributed by atoms with Gasteiger partial charge >= 0.3 is 12.1 Å². The maximum Gasteiger partial charge on any atom is 0.411 e. The van der Waals surface area contributed by atoms with Gasteiger partial charge in [-0.2, -0.15) is 17.2 Å². The highest BCUT2D eigenvalue weighted by atomic mass is 33.5. The third-order valence-electron chi connectivity index (χ3n) is 15.2. The molecule has 2 bridgehead atoms. The summed E-state index contributed by atoms with van der Waals surface area (Å²) < 4.78 is 77.9. The zero-order chi connectivity index (χ0) is 64.9. The van der Waals surface area contributed by atoms with Crippen molar-refractivity contribution in [1.82, 2.24) is 16.1 Å². The summed E-state index contributed by atoms with van der Waals surface area (Å²) in [5.41, 5.74) is -0.949. The minimum atomic E-state index is -2.66. The largest absolute Gasteiger partial charge is 0.493 e. The molecule has 26 nitrogen and oxygen atoms in total. The number of rotatable bonds is 25. The van der Waals surface area contributed by atoms with Crippen molar-refractivity contribution in [2.45, 2.75) is 175 Å². The molecule has 2 aliphatic carbocycles. The van der Waals surface area contributed by atoms with Gasteiger partial charge < -0.3 is 92.6 Å². The molecule has 30 heteroatoms. The van der Waals surface area contributed by atoms with Crippen molar-refractivity contribution in [1.29, 1.82) is 0 Å². The minimum Gasteiger partial charge on any atom is -0.493 e. The molecule has 0 aromatic heterocycles. The Morgan fingerprint density at radius 3 is 2.22 bits per heavy atom. The highest BCUT2D eigenvalue weighted by Gasteiger charge is 2.57. The minimum absolute atomic E-state index is 0.0843. The van der Waals surface area contributed by atoms with Crippen molar-refractivity contribution in [3.05, 3.63) is 65.1 Å². The number of amides is 2. The number of esters is 1. The van der Waals surface area contributed by atoms with Crippen LogP contribution in [0, 0.1) is 23.7 Å². The van der Waals surface area contributed by atoms with E-state index in [1.54, 1.807) is 20.1 Å². The number of carbonyl (C=O) groups is 4. The monoisotopic (exact) mass is 1320 g/mol. The van der Waals surface area contributed by atoms with Crippen LogP contribution >= 0.6 is 43.2 Å². The molecule has 4 saturated heterocycles. The molecule has 2 amide bonds. The van der Waals surface area contributed by atoms with Crippen LogP contribution in [0.1, 0.15) is 64.2 Å². The first-order valence-corrected chi connectivity index (χ1v) is 33.8. The molecule has 1 unspecified atom stereocenters. The second kappa shape index (κ2) is 33.3. The first kappa shape index (κ1) is 71.8. The fourth-order valence-electron chi connectivity index (χ4n) is 10.8. The van der Waals surface area contributed by atoms with E-state index >= 15 is 4.79 Å². The maximum atomic E-state index is 15.6. The molecule has 8 N–H and O–H groups in total. The number of alkyl carbamates (subject to hydrolysis) is 1. The Bertz CT molecular complexity index is 2890. The van der Waals surface area contributed by atoms with Crippen molar-refractivity contribution >= 4 is 72.6 Å². The lowest BCUT2D eigenvalue weighted by Crippen LogP contribution is -2.65. The van der Waals surface area contributed by atoms with E-state index in [1.807, 2.05) is 33.3 Å². The highest BCUT2D eigenvalue weighted by molar-refractivity contribution is 9.09. The highest BCUT2D eigenvalue weighted by Crippen LogP contribution is 2.44. The second-order valence-electron chi connectivity index (χ2n) is 21.4. The van der Waals surface area contributed by atoms with Gasteiger partial charge in [0.05, 0.1) is 99.8 Å². The molecule has 19 atom stereocenters. The standard InChI is InChI=1S/C59H80N4O22S4/c1-28(2)60-36-27-77-43(25-39(36)73-8)83-52-50(66)47(63-85-45-24-37(64)53(86-12)31(5)79-45)29(3)80-57(52)82-38-18-16-14-15-17-20-59(71)34(19-21-88-89-87-13)46(38)48(62-58(70)76-11)51(67)54(59)84-44-26-42(49(65)30(4)78-44)81-56(69)33-22-40(74-9)41(75-10)23-35(33)61-55(68)32(6)72-7/h14-15,19,22-23,28-31,36-39,42-45,47,49-50,52-54,57,60,63-66,71H,6,21,24-27H2,1-5,7-13H3,(H,61,68)(H,62,70)/t29-,30-,31+,36-,37-,38-,39-,42-,43-,44?,45-,47+,49-,50-,52-,53+,54+,57+,59+/m0/s1. The van der Waals surface area contributed by atoms with Gasteiger partial charge in [-0.25, -0.2) is 9.59 Å². The quantitative estimate of drug-likeness (QED) is 0.0132. The first-order valence-electron chi connectivity index (χ1n) is 28.4. The van der Waals surface area contributed by atoms with Gasteiger partial charge in [0.25, 0.3) is 5.91 Å². The van der Waals surface area contributed by atoms with Crippen LogP contribution in [0.4, 0.5) is 10.5 Å². The van der Waals surface area contributed by atoms with Crippen LogP contribution in [-0.2, 0) is 66.5 Å². The van der Waals surface area contributed by atoms with Crippen molar-refractivity contribution in [2.75, 3.05) is 65.7 Å². The molecule has 6 aliphatic rings. The van der Waals surface area contributed by atoms with Crippen LogP contribution in [0.15, 0.2) is 59.5 Å². The number of hydrogen-bond donors (Lipinski definition) is 8. The molecule has 0 saturated carbocycles. The van der Waals surface area contributed by atoms with Gasteiger partial charge in [0.2, 0.25) is 5.78 Å². The number of aliphatic hydroxyl groups is 4. The summed E-state index contributed by atoms with van der Waals surface area (Å²) in [6.07, 6.45) is -11.7. The zero-order valence-corrected chi connectivity index (χ0v) is 54.6. The third-order valence-corrected chi connectivity index (χ3v) is 20.2. The van der Waals surface area contributed by atoms with Crippen LogP contribution in [0.2, 0.25) is 0 Å². The van der Waals surface area contributed by atoms with Crippen molar-refractivity contribution < 1.29 is 106 Å². The maximum absolute atomic E-state index is 15.6. The van der Waals surface area contributed by atoms with E-state index in [4.69, 9.17) is 66.4 Å². The Balaban J connectivity index is 1.27. The van der Waals surface area contributed by atoms with Crippen LogP contribution in [0.5, 0.6) is 11.5 Å². The molecule has 1 aromatic rings. The molecular weight excluding hydrogens is 1240 g/mol. The smallest absolute Gasteiger partial charge is 0.411 e. The number of anilines is 1. The average Bonchev–Trinajstić information content (AvgIpc) is 0.971. The van der Waals surface area contributed by atoms with Crippen LogP contribution in [0.25, 0.3) is 0 Å². The number of nitrogens with one attached hydrogen (secondary N) is 4. The molecular formula is C59H80N4O22S4. The lowest BCUT2D eigenvalue weighted by Gasteiger charge is -2.47. The van der Waals surface area contributed by atoms with Crippen LogP contribution in [-0.4, -0.2) is 226 Å². The van der Waals surface area contributed by atoms with Gasteiger partial charge in [-0.3, -0.25) is 19.7 Å². The number of methoxy groups -OCH3 is 5. The van der Waals surface area contributed by atoms with E-state index in [0.29, 0.717) is 0 Å². The van der Waals surface area contributed by atoms with E-state index in [0.717, 1.165) is 7.11 Å². The summed E-state index contributed by atoms with van der Waals surface area (Å²) in [5, 5.41) is 56.8. The second-order valence-corrected chi connectivity index (χ2v) is 26.8. The first-order chi connectivity index (χ1) is 42.5. The molecule has 4 fully saturated rings. The molecule has 492 valence electrons. The Labute approximate surface area is 533 Å². The summed E-state index contributed by atoms with van der Waals surface area (Å²) in [6, 6.07) is 1.39. The zero-order valence-electron chi connectivity index (χ0n) is 51.4. The summed E-state index contributed by atoms with van der Waals surface area (Å²) in [5.74, 6) is 8.60. The Morgan fingerprint density at radius 2 is 1.56 bits per heavy atom. The van der Waals surface area contributed by atoms with Crippen molar-refractivity contribution in [2.24, 2.45) is 0 Å². The number of fused-ring (bicyclic) bond motifs is 2. The predicted octanol–water partition coefficient (Wildman–Crippen LogP) is 3.42. The molecule has 7 rings (SSSR count). The molecule has 0 radical (unpaired) electrons. The van der Waals surface area contributed by atoms with Crippen LogP contribution in [0.3, 0.4) is 0 Å². The van der Waals surface area contributed by atoms with E-state index in [1.165, 1.54) is 95.7 Å². The molecule has 4 heterocycles. The average molecular weight is 1330 g/mol. The number of allylic oxidation sites excluding steroid dienone is 2. The number of benzene rings is 1. The lowest BCUT2D eigenvalue weighted by molar-refractivity contribution is -0.336. The summed E-state index contributed by atoms with van der Waals surface area (Å²) in [7, 11) is 10.8. The Morgan fingerprint density at radius 1 is 0.854 bits per heavy atom. The van der Waals surface area contributed by atoms with Crippen LogP contribution < -0.4 is 30.9 Å². The fraction of sp³-hybridized carbons (Fsp3) is 0.627. The van der Waals surface area contributed by atoms with Gasteiger partial charge in [-0.15, -0.1) is 0 Å². The van der Waals surface area contributed by atoms with Crippen molar-refractivity contribution in [3.63, 3.8) is 0 Å². The molecule has 1 aromatic carbocycles. The number of hydroxylamine groups is 1. The van der Waals surface area contributed by atoms with Gasteiger partial charge in [-0.05, 0) is 55.3 Å². The predicted molar refractivity (Wildman–Crippen MR) is 330 cm³/mol. The summed E-state index contributed by atoms with van der Waals surface area (Å²) in [6.45, 7) is 12.6. The van der Waals surface area contributed by atoms with E-state index < -0.39 is 134 Å². The lowest BCUT2D eigenvalue weighted by atomic mass is 9.73. The van der Waals surface area contributed by atoms with Gasteiger partial charge in [0.1, 0.15) is 30.5 Å². The topological polar surface area (TPSA) is 327 Å². The summed E-state index contributed by atoms with van der Waals surface area (Å²) >= 11 is 1.47. The molecule has 4 aliphatic heterocycles. The number of aliphatic hydroxyl groups excluding tert-OH is 3. The van der Waals surface area contributed by atoms with Gasteiger partial charge in [0, 0.05) is 61.4 Å². The number of hydrogen-bond acceptors (Lipinski definition) is 28.